The van der Waals surface area contributed by atoms with Gasteiger partial charge in [0.1, 0.15) is 5.60 Å². The highest BCUT2D eigenvalue weighted by Crippen LogP contribution is 2.35. The van der Waals surface area contributed by atoms with Crippen LogP contribution in [-0.4, -0.2) is 43.7 Å². The van der Waals surface area contributed by atoms with Crippen molar-refractivity contribution in [2.45, 2.75) is 72.3 Å². The minimum Gasteiger partial charge on any atom is -0.444 e. The van der Waals surface area contributed by atoms with E-state index in [9.17, 15) is 9.59 Å². The topological polar surface area (TPSA) is 85.9 Å². The predicted molar refractivity (Wildman–Crippen MR) is 115 cm³/mol. The van der Waals surface area contributed by atoms with Crippen LogP contribution in [0.25, 0.3) is 0 Å². The van der Waals surface area contributed by atoms with Gasteiger partial charge in [0.15, 0.2) is 6.29 Å². The third-order valence-corrected chi connectivity index (χ3v) is 5.26. The first-order valence-electron chi connectivity index (χ1n) is 10.7. The molecular formula is C23H36N2O5. The number of hydrogen-bond donors (Lipinski definition) is 2. The lowest BCUT2D eigenvalue weighted by molar-refractivity contribution is -0.131. The Morgan fingerprint density at radius 1 is 1.07 bits per heavy atom. The summed E-state index contributed by atoms with van der Waals surface area (Å²) in [6, 6.07) is 7.18. The molecule has 168 valence electrons. The summed E-state index contributed by atoms with van der Waals surface area (Å²) in [6.07, 6.45) is 2.13. The van der Waals surface area contributed by atoms with E-state index in [-0.39, 0.29) is 17.6 Å². The van der Waals surface area contributed by atoms with Crippen molar-refractivity contribution in [2.24, 2.45) is 5.41 Å². The van der Waals surface area contributed by atoms with Crippen molar-refractivity contribution in [3.8, 4) is 0 Å². The van der Waals surface area contributed by atoms with Gasteiger partial charge in [-0.15, -0.1) is 0 Å². The Hall–Kier alpha value is -2.12. The van der Waals surface area contributed by atoms with Gasteiger partial charge in [-0.1, -0.05) is 26.0 Å². The van der Waals surface area contributed by atoms with Gasteiger partial charge in [0.2, 0.25) is 0 Å². The molecule has 1 aromatic rings. The summed E-state index contributed by atoms with van der Waals surface area (Å²) in [4.78, 5) is 24.1. The van der Waals surface area contributed by atoms with E-state index in [1.807, 2.05) is 32.9 Å². The molecule has 1 heterocycles. The molecule has 0 saturated carbocycles. The summed E-state index contributed by atoms with van der Waals surface area (Å²) >= 11 is 0. The van der Waals surface area contributed by atoms with Gasteiger partial charge in [-0.3, -0.25) is 4.79 Å². The molecule has 2 N–H and O–H groups in total. The second-order valence-corrected chi connectivity index (χ2v) is 8.99. The molecule has 2 rings (SSSR count). The van der Waals surface area contributed by atoms with Crippen LogP contribution in [0.1, 0.15) is 69.8 Å². The molecule has 1 atom stereocenters. The number of hydrogen-bond acceptors (Lipinski definition) is 5. The van der Waals surface area contributed by atoms with Gasteiger partial charge in [0.05, 0.1) is 13.2 Å². The molecule has 0 spiro atoms. The molecule has 2 amide bonds. The van der Waals surface area contributed by atoms with Crippen LogP contribution in [0.15, 0.2) is 24.3 Å². The molecule has 1 aliphatic rings. The summed E-state index contributed by atoms with van der Waals surface area (Å²) < 4.78 is 16.6. The fourth-order valence-electron chi connectivity index (χ4n) is 3.28. The first kappa shape index (κ1) is 24.2. The quantitative estimate of drug-likeness (QED) is 0.590. The Morgan fingerprint density at radius 3 is 2.27 bits per heavy atom. The molecule has 1 fully saturated rings. The summed E-state index contributed by atoms with van der Waals surface area (Å²) in [7, 11) is 0. The van der Waals surface area contributed by atoms with Crippen molar-refractivity contribution in [3.05, 3.63) is 35.4 Å². The molecule has 7 nitrogen and oxygen atoms in total. The Morgan fingerprint density at radius 2 is 1.70 bits per heavy atom. The summed E-state index contributed by atoms with van der Waals surface area (Å²) in [5.41, 5.74) is 0.923. The highest BCUT2D eigenvalue weighted by Gasteiger charge is 2.36. The minimum atomic E-state index is -0.530. The largest absolute Gasteiger partial charge is 0.444 e. The number of nitrogens with one attached hydrogen (secondary N) is 2. The third-order valence-electron chi connectivity index (χ3n) is 5.26. The van der Waals surface area contributed by atoms with Crippen LogP contribution in [0.2, 0.25) is 0 Å². The van der Waals surface area contributed by atoms with Crippen molar-refractivity contribution < 1.29 is 23.8 Å². The monoisotopic (exact) mass is 420 g/mol. The number of benzene rings is 1. The Labute approximate surface area is 179 Å². The van der Waals surface area contributed by atoms with E-state index in [1.54, 1.807) is 12.1 Å². The average Bonchev–Trinajstić information content (AvgIpc) is 3.24. The van der Waals surface area contributed by atoms with E-state index < -0.39 is 11.7 Å². The second-order valence-electron chi connectivity index (χ2n) is 8.99. The van der Waals surface area contributed by atoms with Crippen LogP contribution in [0.5, 0.6) is 0 Å². The lowest BCUT2D eigenvalue weighted by Crippen LogP contribution is -2.34. The molecule has 0 radical (unpaired) electrons. The third kappa shape index (κ3) is 7.61. The van der Waals surface area contributed by atoms with Crippen molar-refractivity contribution >= 4 is 12.0 Å². The number of carbonyl (C=O) groups is 2. The zero-order valence-corrected chi connectivity index (χ0v) is 18.9. The molecule has 1 saturated heterocycles. The van der Waals surface area contributed by atoms with Gasteiger partial charge in [-0.05, 0) is 57.7 Å². The Balaban J connectivity index is 1.73. The van der Waals surface area contributed by atoms with E-state index >= 15 is 0 Å². The van der Waals surface area contributed by atoms with E-state index in [2.05, 4.69) is 24.5 Å². The standard InChI is InChI=1S/C23H36N2O5/c1-6-23(5,20-28-14-15-29-20)12-7-13-24-19(26)18-10-8-17(9-11-18)16-25-21(27)30-22(2,3)4/h8-11,20H,6-7,12-16H2,1-5H3,(H,24,26)(H,25,27)/t23-/m1/s1. The summed E-state index contributed by atoms with van der Waals surface area (Å²) in [5.74, 6) is -0.104. The minimum absolute atomic E-state index is 0.0377. The average molecular weight is 421 g/mol. The van der Waals surface area contributed by atoms with Crippen LogP contribution in [0.4, 0.5) is 4.79 Å². The molecule has 0 bridgehead atoms. The molecule has 7 heteroatoms. The lowest BCUT2D eigenvalue weighted by atomic mass is 9.82. The molecular weight excluding hydrogens is 384 g/mol. The lowest BCUT2D eigenvalue weighted by Gasteiger charge is -2.33. The molecule has 0 unspecified atom stereocenters. The van der Waals surface area contributed by atoms with Gasteiger partial charge in [0, 0.05) is 24.1 Å². The van der Waals surface area contributed by atoms with Gasteiger partial charge < -0.3 is 24.8 Å². The maximum Gasteiger partial charge on any atom is 0.407 e. The van der Waals surface area contributed by atoms with Gasteiger partial charge in [-0.25, -0.2) is 4.79 Å². The molecule has 1 aliphatic heterocycles. The second kappa shape index (κ2) is 10.8. The van der Waals surface area contributed by atoms with Crippen LogP contribution in [0.3, 0.4) is 0 Å². The summed E-state index contributed by atoms with van der Waals surface area (Å²) in [6.45, 7) is 12.0. The highest BCUT2D eigenvalue weighted by molar-refractivity contribution is 5.94. The smallest absolute Gasteiger partial charge is 0.407 e. The first-order valence-corrected chi connectivity index (χ1v) is 10.7. The van der Waals surface area contributed by atoms with Crippen LogP contribution < -0.4 is 10.6 Å². The zero-order chi connectivity index (χ0) is 22.2. The zero-order valence-electron chi connectivity index (χ0n) is 18.9. The number of alkyl carbamates (subject to hydrolysis) is 1. The summed E-state index contributed by atoms with van der Waals surface area (Å²) in [5, 5.41) is 5.68. The number of carbonyl (C=O) groups excluding carboxylic acids is 2. The maximum absolute atomic E-state index is 12.4. The van der Waals surface area contributed by atoms with Crippen molar-refractivity contribution in [3.63, 3.8) is 0 Å². The molecule has 30 heavy (non-hydrogen) atoms. The van der Waals surface area contributed by atoms with Gasteiger partial charge in [0.25, 0.3) is 5.91 Å². The molecule has 1 aromatic carbocycles. The molecule has 0 aromatic heterocycles. The number of ether oxygens (including phenoxy) is 3. The highest BCUT2D eigenvalue weighted by atomic mass is 16.7. The van der Waals surface area contributed by atoms with Crippen LogP contribution in [-0.2, 0) is 20.8 Å². The SMILES string of the molecule is CC[C@](C)(CCCNC(=O)c1ccc(CNC(=O)OC(C)(C)C)cc1)C1OCCO1. The van der Waals surface area contributed by atoms with E-state index in [4.69, 9.17) is 14.2 Å². The number of rotatable bonds is 9. The predicted octanol–water partition coefficient (Wildman–Crippen LogP) is 4.01. The van der Waals surface area contributed by atoms with Crippen LogP contribution >= 0.6 is 0 Å². The van der Waals surface area contributed by atoms with Gasteiger partial charge in [-0.2, -0.15) is 0 Å². The number of amides is 2. The Bertz CT molecular complexity index is 693. The fraction of sp³-hybridized carbons (Fsp3) is 0.652. The van der Waals surface area contributed by atoms with Crippen LogP contribution in [0, 0.1) is 5.41 Å². The molecule has 0 aliphatic carbocycles. The van der Waals surface area contributed by atoms with Crippen molar-refractivity contribution in [1.29, 1.82) is 0 Å². The fourth-order valence-corrected chi connectivity index (χ4v) is 3.28. The van der Waals surface area contributed by atoms with E-state index in [0.717, 1.165) is 24.8 Å². The van der Waals surface area contributed by atoms with Gasteiger partial charge >= 0.3 is 6.09 Å². The van der Waals surface area contributed by atoms with E-state index in [1.165, 1.54) is 0 Å². The Kier molecular flexibility index (Phi) is 8.67. The van der Waals surface area contributed by atoms with Crippen molar-refractivity contribution in [1.82, 2.24) is 10.6 Å². The normalized spacial score (nSPS) is 16.7. The maximum atomic E-state index is 12.4. The van der Waals surface area contributed by atoms with Crippen molar-refractivity contribution in [2.75, 3.05) is 19.8 Å². The van der Waals surface area contributed by atoms with E-state index in [0.29, 0.717) is 31.9 Å². The first-order chi connectivity index (χ1) is 14.1.